The molecule has 3 nitrogen and oxygen atoms in total. The van der Waals surface area contributed by atoms with Crippen LogP contribution in [0.4, 0.5) is 0 Å². The summed E-state index contributed by atoms with van der Waals surface area (Å²) in [6, 6.07) is 16.5. The molecule has 3 aromatic rings. The van der Waals surface area contributed by atoms with Gasteiger partial charge in [-0.25, -0.2) is 0 Å². The van der Waals surface area contributed by atoms with Gasteiger partial charge in [0, 0.05) is 10.5 Å². The molecule has 122 valence electrons. The van der Waals surface area contributed by atoms with E-state index in [1.807, 2.05) is 36.4 Å². The summed E-state index contributed by atoms with van der Waals surface area (Å²) in [5.74, 6) is 1.61. The number of hydrogen-bond donors (Lipinski definition) is 0. The minimum atomic E-state index is 0.473. The zero-order valence-corrected chi connectivity index (χ0v) is 15.3. The Morgan fingerprint density at radius 2 is 1.88 bits per heavy atom. The summed E-state index contributed by atoms with van der Waals surface area (Å²) < 4.78 is 6.77. The van der Waals surface area contributed by atoms with Crippen molar-refractivity contribution in [3.63, 3.8) is 0 Å². The first-order valence-electron chi connectivity index (χ1n) is 7.95. The van der Waals surface area contributed by atoms with Crippen molar-refractivity contribution in [2.45, 2.75) is 26.2 Å². The predicted octanol–water partition coefficient (Wildman–Crippen LogP) is 5.72. The fraction of sp³-hybridized carbons (Fsp3) is 0.200. The summed E-state index contributed by atoms with van der Waals surface area (Å²) in [5, 5.41) is 8.24. The van der Waals surface area contributed by atoms with Gasteiger partial charge in [-0.15, -0.1) is 10.2 Å². The molecule has 0 N–H and O–H groups in total. The molecule has 0 fully saturated rings. The number of benzene rings is 2. The zero-order valence-electron chi connectivity index (χ0n) is 13.7. The summed E-state index contributed by atoms with van der Waals surface area (Å²) >= 11 is 3.47. The molecule has 0 aliphatic rings. The Labute approximate surface area is 150 Å². The van der Waals surface area contributed by atoms with Crippen LogP contribution in [0.25, 0.3) is 12.2 Å². The topological polar surface area (TPSA) is 38.9 Å². The molecule has 1 heterocycles. The van der Waals surface area contributed by atoms with Gasteiger partial charge in [-0.1, -0.05) is 66.2 Å². The summed E-state index contributed by atoms with van der Waals surface area (Å²) in [7, 11) is 0. The van der Waals surface area contributed by atoms with E-state index in [2.05, 4.69) is 64.2 Å². The second kappa shape index (κ2) is 7.58. The molecule has 3 rings (SSSR count). The average molecular weight is 383 g/mol. The Balaban J connectivity index is 1.74. The van der Waals surface area contributed by atoms with Gasteiger partial charge in [0.05, 0.1) is 6.42 Å². The Bertz CT molecular complexity index is 852. The van der Waals surface area contributed by atoms with Crippen LogP contribution in [0.2, 0.25) is 0 Å². The van der Waals surface area contributed by atoms with Gasteiger partial charge in [0.1, 0.15) is 0 Å². The molecule has 2 aromatic carbocycles. The van der Waals surface area contributed by atoms with Gasteiger partial charge >= 0.3 is 0 Å². The number of halogens is 1. The average Bonchev–Trinajstić information content (AvgIpc) is 3.00. The number of aromatic nitrogens is 2. The Morgan fingerprint density at radius 3 is 2.67 bits per heavy atom. The van der Waals surface area contributed by atoms with Crippen LogP contribution in [0.1, 0.15) is 48.2 Å². The maximum atomic E-state index is 5.73. The van der Waals surface area contributed by atoms with Gasteiger partial charge in [-0.2, -0.15) is 0 Å². The lowest BCUT2D eigenvalue weighted by Crippen LogP contribution is -1.90. The lowest BCUT2D eigenvalue weighted by Gasteiger charge is -2.08. The first-order valence-corrected chi connectivity index (χ1v) is 8.75. The second-order valence-electron chi connectivity index (χ2n) is 5.96. The van der Waals surface area contributed by atoms with E-state index in [0.29, 0.717) is 24.1 Å². The van der Waals surface area contributed by atoms with E-state index < -0.39 is 0 Å². The highest BCUT2D eigenvalue weighted by molar-refractivity contribution is 9.10. The fourth-order valence-electron chi connectivity index (χ4n) is 2.58. The van der Waals surface area contributed by atoms with Crippen molar-refractivity contribution in [2.75, 3.05) is 0 Å². The summed E-state index contributed by atoms with van der Waals surface area (Å²) in [6.45, 7) is 4.38. The first-order chi connectivity index (χ1) is 11.6. The maximum absolute atomic E-state index is 5.73. The van der Waals surface area contributed by atoms with Crippen molar-refractivity contribution in [3.05, 3.63) is 81.5 Å². The fourth-order valence-corrected chi connectivity index (χ4v) is 3.02. The molecule has 0 aliphatic carbocycles. The highest BCUT2D eigenvalue weighted by Gasteiger charge is 2.06. The minimum absolute atomic E-state index is 0.473. The summed E-state index contributed by atoms with van der Waals surface area (Å²) in [6.07, 6.45) is 4.53. The Kier molecular flexibility index (Phi) is 5.26. The molecule has 0 amide bonds. The van der Waals surface area contributed by atoms with Crippen molar-refractivity contribution in [1.29, 1.82) is 0 Å². The second-order valence-corrected chi connectivity index (χ2v) is 6.87. The van der Waals surface area contributed by atoms with Crippen LogP contribution in [-0.4, -0.2) is 10.2 Å². The molecule has 0 unspecified atom stereocenters. The van der Waals surface area contributed by atoms with Gasteiger partial charge in [0.25, 0.3) is 0 Å². The van der Waals surface area contributed by atoms with E-state index >= 15 is 0 Å². The van der Waals surface area contributed by atoms with Gasteiger partial charge < -0.3 is 4.42 Å². The molecular weight excluding hydrogens is 364 g/mol. The molecule has 4 heteroatoms. The third kappa shape index (κ3) is 4.20. The predicted molar refractivity (Wildman–Crippen MR) is 101 cm³/mol. The van der Waals surface area contributed by atoms with E-state index in [1.165, 1.54) is 11.1 Å². The largest absolute Gasteiger partial charge is 0.421 e. The molecule has 0 radical (unpaired) electrons. The van der Waals surface area contributed by atoms with Gasteiger partial charge in [-0.3, -0.25) is 0 Å². The smallest absolute Gasteiger partial charge is 0.240 e. The molecule has 0 atom stereocenters. The highest BCUT2D eigenvalue weighted by atomic mass is 79.9. The normalized spacial score (nSPS) is 11.5. The molecule has 0 spiro atoms. The standard InChI is InChI=1S/C20H19BrN2O/c1-14(2)18-9-4-3-7-16(18)10-11-19-22-23-20(24-19)13-15-6-5-8-17(21)12-15/h3-12,14H,13H2,1-2H3/b11-10+. The van der Waals surface area contributed by atoms with E-state index in [4.69, 9.17) is 4.42 Å². The van der Waals surface area contributed by atoms with Crippen molar-refractivity contribution >= 4 is 28.1 Å². The Hall–Kier alpha value is -2.20. The number of nitrogens with zero attached hydrogens (tertiary/aromatic N) is 2. The third-order valence-corrected chi connectivity index (χ3v) is 4.24. The lowest BCUT2D eigenvalue weighted by molar-refractivity contribution is 0.496. The first kappa shape index (κ1) is 16.7. The molecule has 0 saturated heterocycles. The van der Waals surface area contributed by atoms with E-state index in [1.54, 1.807) is 0 Å². The van der Waals surface area contributed by atoms with Crippen molar-refractivity contribution in [1.82, 2.24) is 10.2 Å². The van der Waals surface area contributed by atoms with Gasteiger partial charge in [0.2, 0.25) is 11.8 Å². The molecule has 0 bridgehead atoms. The minimum Gasteiger partial charge on any atom is -0.421 e. The molecule has 0 saturated carbocycles. The summed E-state index contributed by atoms with van der Waals surface area (Å²) in [4.78, 5) is 0. The molecule has 0 aliphatic heterocycles. The SMILES string of the molecule is CC(C)c1ccccc1/C=C/c1nnc(Cc2cccc(Br)c2)o1. The highest BCUT2D eigenvalue weighted by Crippen LogP contribution is 2.21. The van der Waals surface area contributed by atoms with Gasteiger partial charge in [-0.05, 0) is 40.8 Å². The van der Waals surface area contributed by atoms with Crippen LogP contribution in [0.3, 0.4) is 0 Å². The lowest BCUT2D eigenvalue weighted by atomic mass is 9.97. The van der Waals surface area contributed by atoms with Crippen LogP contribution >= 0.6 is 15.9 Å². The zero-order chi connectivity index (χ0) is 16.9. The number of hydrogen-bond acceptors (Lipinski definition) is 3. The quantitative estimate of drug-likeness (QED) is 0.566. The molecule has 24 heavy (non-hydrogen) atoms. The van der Waals surface area contributed by atoms with Crippen LogP contribution in [0.15, 0.2) is 57.4 Å². The molecule has 1 aromatic heterocycles. The van der Waals surface area contributed by atoms with Crippen molar-refractivity contribution < 1.29 is 4.42 Å². The summed E-state index contributed by atoms with van der Waals surface area (Å²) in [5.41, 5.74) is 3.62. The number of rotatable bonds is 5. The van der Waals surface area contributed by atoms with Gasteiger partial charge in [0.15, 0.2) is 0 Å². The Morgan fingerprint density at radius 1 is 1.04 bits per heavy atom. The van der Waals surface area contributed by atoms with E-state index in [9.17, 15) is 0 Å². The maximum Gasteiger partial charge on any atom is 0.240 e. The van der Waals surface area contributed by atoms with Crippen LogP contribution in [0.5, 0.6) is 0 Å². The molecular formula is C20H19BrN2O. The third-order valence-electron chi connectivity index (χ3n) is 3.75. The van der Waals surface area contributed by atoms with Crippen LogP contribution in [-0.2, 0) is 6.42 Å². The van der Waals surface area contributed by atoms with Crippen molar-refractivity contribution in [2.24, 2.45) is 0 Å². The van der Waals surface area contributed by atoms with Crippen LogP contribution in [0, 0.1) is 0 Å². The monoisotopic (exact) mass is 382 g/mol. The van der Waals surface area contributed by atoms with Crippen LogP contribution < -0.4 is 0 Å². The van der Waals surface area contributed by atoms with E-state index in [0.717, 1.165) is 10.0 Å². The van der Waals surface area contributed by atoms with E-state index in [-0.39, 0.29) is 0 Å². The van der Waals surface area contributed by atoms with Crippen molar-refractivity contribution in [3.8, 4) is 0 Å².